The lowest BCUT2D eigenvalue weighted by Gasteiger charge is -2.14. The van der Waals surface area contributed by atoms with Crippen LogP contribution in [0.15, 0.2) is 0 Å². The molecule has 0 unspecified atom stereocenters. The highest BCUT2D eigenvalue weighted by Crippen LogP contribution is 2.00. The maximum atomic E-state index is 5.43. The highest BCUT2D eigenvalue weighted by atomic mass is 35.5. The van der Waals surface area contributed by atoms with Crippen LogP contribution >= 0.6 is 23.2 Å². The third-order valence-corrected chi connectivity index (χ3v) is 1.40. The first-order valence-electron chi connectivity index (χ1n) is 3.70. The zero-order chi connectivity index (χ0) is 8.53. The van der Waals surface area contributed by atoms with Crippen LogP contribution in [0.25, 0.3) is 0 Å². The van der Waals surface area contributed by atoms with Crippen molar-refractivity contribution >= 4 is 23.2 Å². The minimum atomic E-state index is -0.146. The van der Waals surface area contributed by atoms with Gasteiger partial charge in [-0.25, -0.2) is 0 Å². The first kappa shape index (κ1) is 11.5. The molecule has 0 aliphatic heterocycles. The van der Waals surface area contributed by atoms with Gasteiger partial charge in [-0.1, -0.05) is 6.92 Å². The molecule has 0 fully saturated rings. The topological polar surface area (TPSA) is 18.5 Å². The quantitative estimate of drug-likeness (QED) is 0.464. The fraction of sp³-hybridized carbons (Fsp3) is 1.00. The largest absolute Gasteiger partial charge is 0.351 e. The number of halogens is 2. The maximum absolute atomic E-state index is 5.43. The molecule has 4 heteroatoms. The van der Waals surface area contributed by atoms with E-state index in [1.54, 1.807) is 0 Å². The SMILES string of the molecule is CCC(OCCCl)OCCCl. The van der Waals surface area contributed by atoms with E-state index in [2.05, 4.69) is 0 Å². The Kier molecular flexibility index (Phi) is 8.99. The number of hydrogen-bond acceptors (Lipinski definition) is 2. The summed E-state index contributed by atoms with van der Waals surface area (Å²) in [5.74, 6) is 1.00. The lowest BCUT2D eigenvalue weighted by atomic mass is 10.5. The molecule has 0 bridgehead atoms. The molecule has 0 aliphatic carbocycles. The van der Waals surface area contributed by atoms with E-state index >= 15 is 0 Å². The summed E-state index contributed by atoms with van der Waals surface area (Å²) in [7, 11) is 0. The molecule has 0 radical (unpaired) electrons. The van der Waals surface area contributed by atoms with Crippen molar-refractivity contribution in [3.05, 3.63) is 0 Å². The van der Waals surface area contributed by atoms with E-state index in [0.29, 0.717) is 25.0 Å². The van der Waals surface area contributed by atoms with E-state index in [4.69, 9.17) is 32.7 Å². The predicted octanol–water partition coefficient (Wildman–Crippen LogP) is 2.23. The summed E-state index contributed by atoms with van der Waals surface area (Å²) in [6.07, 6.45) is 0.681. The molecule has 0 spiro atoms. The van der Waals surface area contributed by atoms with Crippen molar-refractivity contribution in [2.75, 3.05) is 25.0 Å². The van der Waals surface area contributed by atoms with Crippen molar-refractivity contribution in [1.29, 1.82) is 0 Å². The lowest BCUT2D eigenvalue weighted by molar-refractivity contribution is -0.135. The van der Waals surface area contributed by atoms with Crippen LogP contribution in [-0.2, 0) is 9.47 Å². The molecule has 11 heavy (non-hydrogen) atoms. The molecule has 0 N–H and O–H groups in total. The third-order valence-electron chi connectivity index (χ3n) is 1.10. The van der Waals surface area contributed by atoms with Gasteiger partial charge in [-0.3, -0.25) is 0 Å². The molecule has 0 amide bonds. The van der Waals surface area contributed by atoms with E-state index in [1.807, 2.05) is 6.92 Å². The van der Waals surface area contributed by atoms with E-state index < -0.39 is 0 Å². The summed E-state index contributed by atoms with van der Waals surface area (Å²) in [6, 6.07) is 0. The molecule has 0 heterocycles. The van der Waals surface area contributed by atoms with Crippen LogP contribution in [0.3, 0.4) is 0 Å². The number of alkyl halides is 2. The average Bonchev–Trinajstić information content (AvgIpc) is 2.05. The zero-order valence-corrected chi connectivity index (χ0v) is 8.20. The molecule has 0 aromatic carbocycles. The first-order chi connectivity index (χ1) is 5.35. The Morgan fingerprint density at radius 3 is 1.82 bits per heavy atom. The Hall–Kier alpha value is 0.500. The summed E-state index contributed by atoms with van der Waals surface area (Å²) >= 11 is 10.9. The minimum Gasteiger partial charge on any atom is -0.351 e. The molecule has 0 aliphatic rings. The van der Waals surface area contributed by atoms with Gasteiger partial charge in [0.2, 0.25) is 0 Å². The Morgan fingerprint density at radius 1 is 1.09 bits per heavy atom. The number of rotatable bonds is 7. The van der Waals surface area contributed by atoms with Gasteiger partial charge >= 0.3 is 0 Å². The molecule has 0 atom stereocenters. The fourth-order valence-corrected chi connectivity index (χ4v) is 0.814. The second kappa shape index (κ2) is 8.60. The normalized spacial score (nSPS) is 10.9. The summed E-state index contributed by atoms with van der Waals surface area (Å²) in [5, 5.41) is 0. The van der Waals surface area contributed by atoms with E-state index in [-0.39, 0.29) is 6.29 Å². The second-order valence-electron chi connectivity index (χ2n) is 1.96. The molecule has 2 nitrogen and oxygen atoms in total. The van der Waals surface area contributed by atoms with Crippen LogP contribution in [0, 0.1) is 0 Å². The van der Waals surface area contributed by atoms with Crippen LogP contribution in [0.1, 0.15) is 13.3 Å². The van der Waals surface area contributed by atoms with Gasteiger partial charge in [-0.2, -0.15) is 0 Å². The van der Waals surface area contributed by atoms with Gasteiger partial charge in [0, 0.05) is 11.8 Å². The van der Waals surface area contributed by atoms with Crippen molar-refractivity contribution in [3.8, 4) is 0 Å². The summed E-state index contributed by atoms with van der Waals surface area (Å²) in [6.45, 7) is 3.05. The van der Waals surface area contributed by atoms with Gasteiger partial charge < -0.3 is 9.47 Å². The Balaban J connectivity index is 3.25. The van der Waals surface area contributed by atoms with Gasteiger partial charge in [0.15, 0.2) is 6.29 Å². The zero-order valence-electron chi connectivity index (χ0n) is 6.69. The van der Waals surface area contributed by atoms with E-state index in [1.165, 1.54) is 0 Å². The van der Waals surface area contributed by atoms with Gasteiger partial charge in [-0.05, 0) is 6.42 Å². The smallest absolute Gasteiger partial charge is 0.157 e. The first-order valence-corrected chi connectivity index (χ1v) is 4.77. The van der Waals surface area contributed by atoms with Gasteiger partial charge in [-0.15, -0.1) is 23.2 Å². The minimum absolute atomic E-state index is 0.146. The Morgan fingerprint density at radius 2 is 1.55 bits per heavy atom. The molecule has 0 saturated heterocycles. The summed E-state index contributed by atoms with van der Waals surface area (Å²) in [4.78, 5) is 0. The number of ether oxygens (including phenoxy) is 2. The van der Waals surface area contributed by atoms with Crippen molar-refractivity contribution in [2.24, 2.45) is 0 Å². The van der Waals surface area contributed by atoms with Crippen LogP contribution in [-0.4, -0.2) is 31.3 Å². The van der Waals surface area contributed by atoms with Gasteiger partial charge in [0.1, 0.15) is 0 Å². The van der Waals surface area contributed by atoms with E-state index in [9.17, 15) is 0 Å². The van der Waals surface area contributed by atoms with Crippen LogP contribution in [0.2, 0.25) is 0 Å². The van der Waals surface area contributed by atoms with Crippen molar-refractivity contribution in [2.45, 2.75) is 19.6 Å². The van der Waals surface area contributed by atoms with Crippen LogP contribution < -0.4 is 0 Å². The highest BCUT2D eigenvalue weighted by molar-refractivity contribution is 6.18. The van der Waals surface area contributed by atoms with Crippen molar-refractivity contribution in [3.63, 3.8) is 0 Å². The fourth-order valence-electron chi connectivity index (χ4n) is 0.636. The average molecular weight is 201 g/mol. The lowest BCUT2D eigenvalue weighted by Crippen LogP contribution is -2.18. The molecule has 0 aromatic heterocycles. The van der Waals surface area contributed by atoms with Crippen LogP contribution in [0.4, 0.5) is 0 Å². The van der Waals surface area contributed by atoms with E-state index in [0.717, 1.165) is 6.42 Å². The van der Waals surface area contributed by atoms with Gasteiger partial charge in [0.25, 0.3) is 0 Å². The van der Waals surface area contributed by atoms with Crippen LogP contribution in [0.5, 0.6) is 0 Å². The monoisotopic (exact) mass is 200 g/mol. The molecule has 0 aromatic rings. The Bertz CT molecular complexity index is 72.8. The maximum Gasteiger partial charge on any atom is 0.157 e. The standard InChI is InChI=1S/C7H14Cl2O2/c1-2-7(10-5-3-8)11-6-4-9/h7H,2-6H2,1H3. The second-order valence-corrected chi connectivity index (χ2v) is 2.71. The summed E-state index contributed by atoms with van der Waals surface area (Å²) < 4.78 is 10.5. The third kappa shape index (κ3) is 6.88. The highest BCUT2D eigenvalue weighted by Gasteiger charge is 2.04. The van der Waals surface area contributed by atoms with Crippen molar-refractivity contribution < 1.29 is 9.47 Å². The molecular formula is C7H14Cl2O2. The van der Waals surface area contributed by atoms with Crippen molar-refractivity contribution in [1.82, 2.24) is 0 Å². The van der Waals surface area contributed by atoms with Gasteiger partial charge in [0.05, 0.1) is 13.2 Å². The number of hydrogen-bond donors (Lipinski definition) is 0. The predicted molar refractivity (Wildman–Crippen MR) is 47.4 cm³/mol. The molecule has 0 saturated carbocycles. The summed E-state index contributed by atoms with van der Waals surface area (Å²) in [5.41, 5.74) is 0. The molecule has 68 valence electrons. The molecular weight excluding hydrogens is 187 g/mol. The molecule has 0 rings (SSSR count). The Labute approximate surface area is 77.8 Å².